The molecule has 0 spiro atoms. The minimum Gasteiger partial charge on any atom is -0.399 e. The predicted octanol–water partition coefficient (Wildman–Crippen LogP) is 1.20. The van der Waals surface area contributed by atoms with Crippen molar-refractivity contribution < 1.29 is 13.5 Å². The maximum Gasteiger partial charge on any atom is 0.261 e. The van der Waals surface area contributed by atoms with E-state index < -0.39 is 13.0 Å². The van der Waals surface area contributed by atoms with Crippen LogP contribution >= 0.6 is 0 Å². The van der Waals surface area contributed by atoms with Gasteiger partial charge in [-0.2, -0.15) is 0 Å². The number of alkyl halides is 2. The summed E-state index contributed by atoms with van der Waals surface area (Å²) in [5, 5.41) is 3.19. The molecular formula is C12H14F2N4O2. The summed E-state index contributed by atoms with van der Waals surface area (Å²) in [6.45, 7) is -0.257. The van der Waals surface area contributed by atoms with Gasteiger partial charge in [0.25, 0.3) is 12.0 Å². The van der Waals surface area contributed by atoms with Gasteiger partial charge in [-0.05, 0) is 18.2 Å². The summed E-state index contributed by atoms with van der Waals surface area (Å²) in [6.07, 6.45) is -2.49. The van der Waals surface area contributed by atoms with Crippen LogP contribution in [0.1, 0.15) is 0 Å². The average Bonchev–Trinajstić information content (AvgIpc) is 2.39. The zero-order valence-electron chi connectivity index (χ0n) is 10.5. The minimum absolute atomic E-state index is 0.0911. The molecule has 108 valence electrons. The van der Waals surface area contributed by atoms with Crippen LogP contribution in [0.4, 0.5) is 20.4 Å². The number of anilines is 2. The summed E-state index contributed by atoms with van der Waals surface area (Å²) in [7, 11) is 0. The molecule has 0 atom stereocenters. The molecule has 0 unspecified atom stereocenters. The van der Waals surface area contributed by atoms with Crippen molar-refractivity contribution in [3.63, 3.8) is 0 Å². The number of H-pyrrole nitrogens is 1. The molecular weight excluding hydrogens is 270 g/mol. The zero-order chi connectivity index (χ0) is 14.5. The fourth-order valence-corrected chi connectivity index (χ4v) is 1.65. The highest BCUT2D eigenvalue weighted by Gasteiger charge is 2.04. The van der Waals surface area contributed by atoms with E-state index in [1.165, 1.54) is 6.07 Å². The van der Waals surface area contributed by atoms with Crippen LogP contribution in [0.3, 0.4) is 0 Å². The molecule has 6 nitrogen and oxygen atoms in total. The lowest BCUT2D eigenvalue weighted by atomic mass is 10.2. The maximum absolute atomic E-state index is 11.8. The first-order valence-electron chi connectivity index (χ1n) is 5.95. The van der Waals surface area contributed by atoms with E-state index in [-0.39, 0.29) is 24.7 Å². The second-order valence-electron chi connectivity index (χ2n) is 4.08. The maximum atomic E-state index is 11.8. The van der Waals surface area contributed by atoms with Crippen molar-refractivity contribution in [2.24, 2.45) is 0 Å². The lowest BCUT2D eigenvalue weighted by Crippen LogP contribution is -2.17. The number of rotatable bonds is 6. The number of hydrogen-bond donors (Lipinski definition) is 3. The van der Waals surface area contributed by atoms with E-state index in [2.05, 4.69) is 15.3 Å². The molecule has 0 amide bonds. The van der Waals surface area contributed by atoms with Gasteiger partial charge in [-0.1, -0.05) is 0 Å². The van der Waals surface area contributed by atoms with Gasteiger partial charge in [0, 0.05) is 12.2 Å². The molecule has 1 aromatic carbocycles. The molecule has 0 fully saturated rings. The van der Waals surface area contributed by atoms with Crippen LogP contribution in [0.15, 0.2) is 23.0 Å². The number of nitrogens with two attached hydrogens (primary N) is 1. The molecule has 0 bridgehead atoms. The number of benzene rings is 1. The van der Waals surface area contributed by atoms with Gasteiger partial charge < -0.3 is 15.8 Å². The fraction of sp³-hybridized carbons (Fsp3) is 0.333. The summed E-state index contributed by atoms with van der Waals surface area (Å²) in [5.74, 6) is 0.257. The second kappa shape index (κ2) is 6.29. The topological polar surface area (TPSA) is 93.0 Å². The molecule has 0 aliphatic heterocycles. The summed E-state index contributed by atoms with van der Waals surface area (Å²) >= 11 is 0. The van der Waals surface area contributed by atoms with E-state index in [1.54, 1.807) is 12.1 Å². The van der Waals surface area contributed by atoms with Crippen LogP contribution in [0, 0.1) is 0 Å². The first-order valence-corrected chi connectivity index (χ1v) is 5.95. The number of ether oxygens (including phenoxy) is 1. The molecule has 4 N–H and O–H groups in total. The van der Waals surface area contributed by atoms with E-state index >= 15 is 0 Å². The average molecular weight is 284 g/mol. The smallest absolute Gasteiger partial charge is 0.261 e. The lowest BCUT2D eigenvalue weighted by molar-refractivity contribution is 0.0214. The van der Waals surface area contributed by atoms with Crippen molar-refractivity contribution in [1.29, 1.82) is 0 Å². The summed E-state index contributed by atoms with van der Waals surface area (Å²) in [6, 6.07) is 4.82. The van der Waals surface area contributed by atoms with E-state index in [0.717, 1.165) is 0 Å². The first kappa shape index (κ1) is 14.2. The number of halogens is 2. The van der Waals surface area contributed by atoms with Gasteiger partial charge in [-0.3, -0.25) is 9.78 Å². The van der Waals surface area contributed by atoms with Gasteiger partial charge in [0.05, 0.1) is 17.5 Å². The molecule has 2 rings (SSSR count). The normalized spacial score (nSPS) is 11.2. The Hall–Kier alpha value is -2.22. The Morgan fingerprint density at radius 1 is 1.45 bits per heavy atom. The lowest BCUT2D eigenvalue weighted by Gasteiger charge is -2.07. The first-order chi connectivity index (χ1) is 9.56. The van der Waals surface area contributed by atoms with Crippen LogP contribution in [-0.4, -0.2) is 36.2 Å². The number of nitrogen functional groups attached to an aromatic ring is 1. The van der Waals surface area contributed by atoms with Crippen LogP contribution in [0.5, 0.6) is 0 Å². The molecule has 2 aromatic rings. The van der Waals surface area contributed by atoms with Crippen LogP contribution < -0.4 is 16.6 Å². The molecule has 8 heteroatoms. The van der Waals surface area contributed by atoms with E-state index in [9.17, 15) is 13.6 Å². The Labute approximate surface area is 113 Å². The van der Waals surface area contributed by atoms with Gasteiger partial charge in [0.1, 0.15) is 6.61 Å². The molecule has 20 heavy (non-hydrogen) atoms. The molecule has 0 radical (unpaired) electrons. The number of aromatic nitrogens is 2. The molecule has 0 aliphatic carbocycles. The van der Waals surface area contributed by atoms with Gasteiger partial charge in [-0.15, -0.1) is 0 Å². The molecule has 0 saturated carbocycles. The highest BCUT2D eigenvalue weighted by atomic mass is 19.3. The molecule has 0 saturated heterocycles. The van der Waals surface area contributed by atoms with Crippen molar-refractivity contribution >= 4 is 22.5 Å². The van der Waals surface area contributed by atoms with Gasteiger partial charge in [0.2, 0.25) is 5.95 Å². The van der Waals surface area contributed by atoms with Crippen molar-refractivity contribution in [3.8, 4) is 0 Å². The number of fused-ring (bicyclic) bond motifs is 1. The third kappa shape index (κ3) is 3.64. The van der Waals surface area contributed by atoms with Crippen LogP contribution in [-0.2, 0) is 4.74 Å². The van der Waals surface area contributed by atoms with Gasteiger partial charge in [0.15, 0.2) is 0 Å². The number of nitrogens with zero attached hydrogens (tertiary/aromatic N) is 1. The third-order valence-electron chi connectivity index (χ3n) is 2.51. The SMILES string of the molecule is Nc1ccc2nc(NCCOCC(F)F)[nH]c(=O)c2c1. The molecule has 1 aromatic heterocycles. The highest BCUT2D eigenvalue weighted by molar-refractivity contribution is 5.81. The van der Waals surface area contributed by atoms with Crippen molar-refractivity contribution in [1.82, 2.24) is 9.97 Å². The predicted molar refractivity (Wildman–Crippen MR) is 72.1 cm³/mol. The Bertz CT molecular complexity index is 645. The number of nitrogens with one attached hydrogen (secondary N) is 2. The van der Waals surface area contributed by atoms with Gasteiger partial charge >= 0.3 is 0 Å². The fourth-order valence-electron chi connectivity index (χ4n) is 1.65. The quantitative estimate of drug-likeness (QED) is 0.547. The number of hydrogen-bond acceptors (Lipinski definition) is 5. The molecule has 0 aliphatic rings. The van der Waals surface area contributed by atoms with Crippen molar-refractivity contribution in [2.45, 2.75) is 6.43 Å². The third-order valence-corrected chi connectivity index (χ3v) is 2.51. The monoisotopic (exact) mass is 284 g/mol. The van der Waals surface area contributed by atoms with E-state index in [4.69, 9.17) is 10.5 Å². The van der Waals surface area contributed by atoms with E-state index in [1.807, 2.05) is 0 Å². The van der Waals surface area contributed by atoms with E-state index in [0.29, 0.717) is 16.6 Å². The number of aromatic amines is 1. The van der Waals surface area contributed by atoms with Gasteiger partial charge in [-0.25, -0.2) is 13.8 Å². The summed E-state index contributed by atoms with van der Waals surface area (Å²) < 4.78 is 28.4. The van der Waals surface area contributed by atoms with Crippen molar-refractivity contribution in [2.75, 3.05) is 30.8 Å². The largest absolute Gasteiger partial charge is 0.399 e. The second-order valence-corrected chi connectivity index (χ2v) is 4.08. The van der Waals surface area contributed by atoms with Crippen LogP contribution in [0.25, 0.3) is 10.9 Å². The Morgan fingerprint density at radius 2 is 2.25 bits per heavy atom. The zero-order valence-corrected chi connectivity index (χ0v) is 10.5. The standard InChI is InChI=1S/C12H14F2N4O2/c13-10(14)6-20-4-3-16-12-17-9-2-1-7(15)5-8(9)11(19)18-12/h1-2,5,10H,3-4,6,15H2,(H2,16,17,18,19). The van der Waals surface area contributed by atoms with Crippen molar-refractivity contribution in [3.05, 3.63) is 28.6 Å². The minimum atomic E-state index is -2.49. The van der Waals surface area contributed by atoms with Crippen LogP contribution in [0.2, 0.25) is 0 Å². The summed E-state index contributed by atoms with van der Waals surface area (Å²) in [4.78, 5) is 18.5. The molecule has 1 heterocycles. The Morgan fingerprint density at radius 3 is 3.00 bits per heavy atom. The Balaban J connectivity index is 2.01. The Kier molecular flexibility index (Phi) is 4.46. The summed E-state index contributed by atoms with van der Waals surface area (Å²) in [5.41, 5.74) is 6.25. The highest BCUT2D eigenvalue weighted by Crippen LogP contribution is 2.12.